The van der Waals surface area contributed by atoms with Gasteiger partial charge in [-0.25, -0.2) is 0 Å². The van der Waals surface area contributed by atoms with Crippen LogP contribution in [0.3, 0.4) is 0 Å². The minimum absolute atomic E-state index is 1.21. The van der Waals surface area contributed by atoms with Gasteiger partial charge in [0, 0.05) is 16.2 Å². The molecule has 218 valence electrons. The molecule has 10 rings (SSSR count). The van der Waals surface area contributed by atoms with Crippen molar-refractivity contribution < 1.29 is 0 Å². The van der Waals surface area contributed by atoms with E-state index in [4.69, 9.17) is 0 Å². The lowest BCUT2D eigenvalue weighted by molar-refractivity contribution is 1.20. The lowest BCUT2D eigenvalue weighted by Crippen LogP contribution is -1.95. The van der Waals surface area contributed by atoms with Crippen LogP contribution in [0.4, 0.5) is 0 Å². The highest BCUT2D eigenvalue weighted by atomic mass is 15.0. The molecule has 0 aliphatic carbocycles. The van der Waals surface area contributed by atoms with Crippen LogP contribution in [0.5, 0.6) is 0 Å². The standard InChI is InChI=1S/C46H29N/c1-2-10-33-26-34(19-16-30(33)8-1)35-20-17-31-18-21-36(29-39(31)28-35)37-22-24-41-38(27-37)23-25-45-46(41)42-13-5-6-14-44(42)47(45)43-15-7-11-32-9-3-4-12-40(32)43/h1-29H. The largest absolute Gasteiger partial charge is 0.309 e. The summed E-state index contributed by atoms with van der Waals surface area (Å²) in [6.45, 7) is 0. The van der Waals surface area contributed by atoms with E-state index in [0.29, 0.717) is 0 Å². The van der Waals surface area contributed by atoms with Crippen molar-refractivity contribution in [1.82, 2.24) is 4.57 Å². The monoisotopic (exact) mass is 595 g/mol. The van der Waals surface area contributed by atoms with Gasteiger partial charge in [-0.3, -0.25) is 0 Å². The summed E-state index contributed by atoms with van der Waals surface area (Å²) in [5.41, 5.74) is 8.62. The average molecular weight is 596 g/mol. The van der Waals surface area contributed by atoms with Crippen molar-refractivity contribution in [3.05, 3.63) is 176 Å². The van der Waals surface area contributed by atoms with E-state index < -0.39 is 0 Å². The number of fused-ring (bicyclic) bond motifs is 8. The van der Waals surface area contributed by atoms with Crippen molar-refractivity contribution in [2.75, 3.05) is 0 Å². The van der Waals surface area contributed by atoms with Crippen molar-refractivity contribution in [1.29, 1.82) is 0 Å². The Kier molecular flexibility index (Phi) is 5.64. The van der Waals surface area contributed by atoms with Crippen molar-refractivity contribution in [3.8, 4) is 27.9 Å². The molecular formula is C46H29N. The molecule has 0 aliphatic rings. The highest BCUT2D eigenvalue weighted by molar-refractivity contribution is 6.22. The molecule has 0 fully saturated rings. The molecule has 0 atom stereocenters. The second kappa shape index (κ2) is 10.2. The normalized spacial score (nSPS) is 11.8. The molecule has 0 radical (unpaired) electrons. The van der Waals surface area contributed by atoms with Crippen LogP contribution in [-0.2, 0) is 0 Å². The number of nitrogens with zero attached hydrogens (tertiary/aromatic N) is 1. The molecule has 0 unspecified atom stereocenters. The van der Waals surface area contributed by atoms with E-state index in [9.17, 15) is 0 Å². The minimum atomic E-state index is 1.21. The number of hydrogen-bond acceptors (Lipinski definition) is 0. The second-order valence-corrected chi connectivity index (χ2v) is 12.6. The van der Waals surface area contributed by atoms with Crippen LogP contribution in [0.25, 0.3) is 92.8 Å². The van der Waals surface area contributed by atoms with E-state index in [1.54, 1.807) is 0 Å². The third kappa shape index (κ3) is 4.10. The van der Waals surface area contributed by atoms with Crippen LogP contribution in [0.15, 0.2) is 176 Å². The smallest absolute Gasteiger partial charge is 0.0547 e. The van der Waals surface area contributed by atoms with Crippen LogP contribution in [-0.4, -0.2) is 4.57 Å². The maximum absolute atomic E-state index is 2.44. The number of hydrogen-bond donors (Lipinski definition) is 0. The predicted molar refractivity (Wildman–Crippen MR) is 202 cm³/mol. The van der Waals surface area contributed by atoms with Crippen molar-refractivity contribution >= 4 is 64.9 Å². The summed E-state index contributed by atoms with van der Waals surface area (Å²) in [4.78, 5) is 0. The minimum Gasteiger partial charge on any atom is -0.309 e. The molecule has 0 saturated carbocycles. The fraction of sp³-hybridized carbons (Fsp3) is 0. The SMILES string of the molecule is c1ccc2cc(-c3ccc4ccc(-c5ccc6c(ccc7c6c6ccccc6n7-c6cccc7ccccc67)c5)cc4c3)ccc2c1. The number of aromatic nitrogens is 1. The van der Waals surface area contributed by atoms with E-state index >= 15 is 0 Å². The molecular weight excluding hydrogens is 567 g/mol. The molecule has 10 aromatic rings. The quantitative estimate of drug-likeness (QED) is 0.191. The van der Waals surface area contributed by atoms with Crippen LogP contribution < -0.4 is 0 Å². The first-order valence-electron chi connectivity index (χ1n) is 16.3. The molecule has 1 aromatic heterocycles. The Labute approximate surface area is 272 Å². The van der Waals surface area contributed by atoms with Gasteiger partial charge in [-0.2, -0.15) is 0 Å². The van der Waals surface area contributed by atoms with Gasteiger partial charge in [-0.15, -0.1) is 0 Å². The van der Waals surface area contributed by atoms with Gasteiger partial charge in [-0.1, -0.05) is 133 Å². The van der Waals surface area contributed by atoms with Gasteiger partial charge in [0.15, 0.2) is 0 Å². The van der Waals surface area contributed by atoms with Gasteiger partial charge < -0.3 is 4.57 Å². The third-order valence-electron chi connectivity index (χ3n) is 9.92. The van der Waals surface area contributed by atoms with Crippen LogP contribution in [0.2, 0.25) is 0 Å². The number of rotatable bonds is 3. The second-order valence-electron chi connectivity index (χ2n) is 12.6. The van der Waals surface area contributed by atoms with Crippen LogP contribution in [0, 0.1) is 0 Å². The first-order valence-corrected chi connectivity index (χ1v) is 16.3. The van der Waals surface area contributed by atoms with Crippen molar-refractivity contribution in [3.63, 3.8) is 0 Å². The number of para-hydroxylation sites is 1. The van der Waals surface area contributed by atoms with Crippen molar-refractivity contribution in [2.24, 2.45) is 0 Å². The molecule has 1 heterocycles. The van der Waals surface area contributed by atoms with E-state index in [1.807, 2.05) is 0 Å². The van der Waals surface area contributed by atoms with Crippen LogP contribution in [0.1, 0.15) is 0 Å². The zero-order valence-corrected chi connectivity index (χ0v) is 25.7. The number of benzene rings is 9. The molecule has 1 nitrogen and oxygen atoms in total. The van der Waals surface area contributed by atoms with E-state index in [2.05, 4.69) is 180 Å². The molecule has 0 bridgehead atoms. The predicted octanol–water partition coefficient (Wildman–Crippen LogP) is 12.7. The molecule has 0 N–H and O–H groups in total. The Balaban J connectivity index is 1.11. The lowest BCUT2D eigenvalue weighted by Gasteiger charge is -2.12. The molecule has 0 spiro atoms. The summed E-state index contributed by atoms with van der Waals surface area (Å²) >= 11 is 0. The summed E-state index contributed by atoms with van der Waals surface area (Å²) < 4.78 is 2.44. The van der Waals surface area contributed by atoms with Gasteiger partial charge >= 0.3 is 0 Å². The van der Waals surface area contributed by atoms with E-state index in [0.717, 1.165) is 0 Å². The fourth-order valence-corrected chi connectivity index (χ4v) is 7.61. The maximum Gasteiger partial charge on any atom is 0.0547 e. The van der Waals surface area contributed by atoms with Crippen LogP contribution >= 0.6 is 0 Å². The summed E-state index contributed by atoms with van der Waals surface area (Å²) in [7, 11) is 0. The lowest BCUT2D eigenvalue weighted by atomic mass is 9.95. The van der Waals surface area contributed by atoms with Gasteiger partial charge in [0.05, 0.1) is 16.7 Å². The Morgan fingerprint density at radius 3 is 1.57 bits per heavy atom. The van der Waals surface area contributed by atoms with Crippen molar-refractivity contribution in [2.45, 2.75) is 0 Å². The molecule has 0 saturated heterocycles. The molecule has 1 heteroatoms. The van der Waals surface area contributed by atoms with E-state index in [-0.39, 0.29) is 0 Å². The molecule has 0 amide bonds. The highest BCUT2D eigenvalue weighted by Crippen LogP contribution is 2.40. The Hall–Kier alpha value is -6.18. The highest BCUT2D eigenvalue weighted by Gasteiger charge is 2.16. The summed E-state index contributed by atoms with van der Waals surface area (Å²) in [6.07, 6.45) is 0. The fourth-order valence-electron chi connectivity index (χ4n) is 7.61. The van der Waals surface area contributed by atoms with Gasteiger partial charge in [-0.05, 0) is 102 Å². The summed E-state index contributed by atoms with van der Waals surface area (Å²) in [6, 6.07) is 64.6. The Bertz CT molecular complexity index is 2850. The summed E-state index contributed by atoms with van der Waals surface area (Å²) in [5.74, 6) is 0. The molecule has 0 aliphatic heterocycles. The Morgan fingerprint density at radius 1 is 0.277 bits per heavy atom. The van der Waals surface area contributed by atoms with Gasteiger partial charge in [0.25, 0.3) is 0 Å². The van der Waals surface area contributed by atoms with E-state index in [1.165, 1.54) is 92.8 Å². The topological polar surface area (TPSA) is 4.93 Å². The molecule has 9 aromatic carbocycles. The average Bonchev–Trinajstić information content (AvgIpc) is 3.48. The maximum atomic E-state index is 2.44. The van der Waals surface area contributed by atoms with Gasteiger partial charge in [0.2, 0.25) is 0 Å². The van der Waals surface area contributed by atoms with Gasteiger partial charge in [0.1, 0.15) is 0 Å². The first-order chi connectivity index (χ1) is 23.3. The zero-order chi connectivity index (χ0) is 30.9. The zero-order valence-electron chi connectivity index (χ0n) is 25.7. The Morgan fingerprint density at radius 2 is 0.809 bits per heavy atom. The third-order valence-corrected chi connectivity index (χ3v) is 9.92. The first kappa shape index (κ1) is 26.1. The summed E-state index contributed by atoms with van der Waals surface area (Å²) in [5, 5.41) is 12.7. The molecule has 47 heavy (non-hydrogen) atoms.